The average molecular weight is 352 g/mol. The molecule has 0 aromatic heterocycles. The van der Waals surface area contributed by atoms with E-state index >= 15 is 0 Å². The molecule has 0 radical (unpaired) electrons. The predicted octanol–water partition coefficient (Wildman–Crippen LogP) is 4.95. The van der Waals surface area contributed by atoms with Gasteiger partial charge in [-0.1, -0.05) is 12.1 Å². The van der Waals surface area contributed by atoms with Crippen LogP contribution in [0, 0.1) is 18.6 Å². The number of hydrogen-bond donors (Lipinski definition) is 1. The van der Waals surface area contributed by atoms with E-state index < -0.39 is 11.6 Å². The minimum Gasteiger partial charge on any atom is -0.310 e. The first-order valence-electron chi connectivity index (χ1n) is 7.03. The van der Waals surface area contributed by atoms with E-state index in [1.165, 1.54) is 25.0 Å². The molecule has 110 valence electrons. The van der Waals surface area contributed by atoms with Crippen LogP contribution in [0.25, 0.3) is 11.1 Å². The highest BCUT2D eigenvalue weighted by Crippen LogP contribution is 2.33. The Morgan fingerprint density at radius 2 is 1.95 bits per heavy atom. The Morgan fingerprint density at radius 3 is 2.67 bits per heavy atom. The molecule has 0 heterocycles. The fraction of sp³-hybridized carbons (Fsp3) is 0.294. The molecule has 0 spiro atoms. The summed E-state index contributed by atoms with van der Waals surface area (Å²) in [6, 6.07) is 9.08. The van der Waals surface area contributed by atoms with Crippen LogP contribution in [0.1, 0.15) is 24.0 Å². The van der Waals surface area contributed by atoms with Gasteiger partial charge < -0.3 is 5.32 Å². The lowest BCUT2D eigenvalue weighted by molar-refractivity contribution is 0.585. The van der Waals surface area contributed by atoms with Gasteiger partial charge in [0, 0.05) is 12.6 Å². The number of hydrogen-bond acceptors (Lipinski definition) is 1. The molecule has 1 fully saturated rings. The molecule has 1 aliphatic carbocycles. The fourth-order valence-electron chi connectivity index (χ4n) is 2.37. The third-order valence-corrected chi connectivity index (χ3v) is 4.40. The Bertz CT molecular complexity index is 681. The standard InChI is InChI=1S/C17H16BrF2N/c1-10-2-3-11(9-21-12-4-5-12)8-13(10)16-15(19)7-6-14(18)17(16)20/h2-3,6-8,12,21H,4-5,9H2,1H3. The van der Waals surface area contributed by atoms with Crippen molar-refractivity contribution >= 4 is 15.9 Å². The highest BCUT2D eigenvalue weighted by Gasteiger charge is 2.20. The third-order valence-electron chi connectivity index (χ3n) is 3.79. The van der Waals surface area contributed by atoms with Crippen molar-refractivity contribution in [1.29, 1.82) is 0 Å². The summed E-state index contributed by atoms with van der Waals surface area (Å²) in [5.41, 5.74) is 2.55. The molecule has 21 heavy (non-hydrogen) atoms. The van der Waals surface area contributed by atoms with Gasteiger partial charge in [-0.15, -0.1) is 0 Å². The van der Waals surface area contributed by atoms with Crippen molar-refractivity contribution in [2.45, 2.75) is 32.4 Å². The van der Waals surface area contributed by atoms with E-state index in [-0.39, 0.29) is 10.0 Å². The van der Waals surface area contributed by atoms with E-state index in [2.05, 4.69) is 21.2 Å². The summed E-state index contributed by atoms with van der Waals surface area (Å²) in [7, 11) is 0. The lowest BCUT2D eigenvalue weighted by atomic mass is 9.97. The zero-order valence-corrected chi connectivity index (χ0v) is 13.3. The molecule has 0 unspecified atom stereocenters. The topological polar surface area (TPSA) is 12.0 Å². The summed E-state index contributed by atoms with van der Waals surface area (Å²) in [5, 5.41) is 3.41. The quantitative estimate of drug-likeness (QED) is 0.768. The number of benzene rings is 2. The lowest BCUT2D eigenvalue weighted by Gasteiger charge is -2.12. The number of rotatable bonds is 4. The Morgan fingerprint density at radius 1 is 1.19 bits per heavy atom. The molecule has 0 aliphatic heterocycles. The van der Waals surface area contributed by atoms with Crippen molar-refractivity contribution in [3.05, 3.63) is 57.6 Å². The molecule has 1 N–H and O–H groups in total. The van der Waals surface area contributed by atoms with Crippen LogP contribution in [0.15, 0.2) is 34.8 Å². The number of aryl methyl sites for hydroxylation is 1. The molecule has 3 rings (SSSR count). The summed E-state index contributed by atoms with van der Waals surface area (Å²) in [6.45, 7) is 2.60. The van der Waals surface area contributed by atoms with Gasteiger partial charge in [0.25, 0.3) is 0 Å². The monoisotopic (exact) mass is 351 g/mol. The van der Waals surface area contributed by atoms with Crippen LogP contribution >= 0.6 is 15.9 Å². The first kappa shape index (κ1) is 14.7. The first-order chi connectivity index (χ1) is 10.1. The SMILES string of the molecule is Cc1ccc(CNC2CC2)cc1-c1c(F)ccc(Br)c1F. The second kappa shape index (κ2) is 5.85. The second-order valence-corrected chi connectivity index (χ2v) is 6.38. The van der Waals surface area contributed by atoms with Gasteiger partial charge in [-0.3, -0.25) is 0 Å². The molecular formula is C17H16BrF2N. The number of nitrogens with one attached hydrogen (secondary N) is 1. The average Bonchev–Trinajstić information content (AvgIpc) is 3.28. The zero-order valence-electron chi connectivity index (χ0n) is 11.7. The van der Waals surface area contributed by atoms with Crippen molar-refractivity contribution in [3.63, 3.8) is 0 Å². The van der Waals surface area contributed by atoms with Gasteiger partial charge >= 0.3 is 0 Å². The van der Waals surface area contributed by atoms with Crippen LogP contribution in [0.2, 0.25) is 0 Å². The highest BCUT2D eigenvalue weighted by molar-refractivity contribution is 9.10. The summed E-state index contributed by atoms with van der Waals surface area (Å²) < 4.78 is 28.6. The summed E-state index contributed by atoms with van der Waals surface area (Å²) >= 11 is 3.12. The van der Waals surface area contributed by atoms with Crippen molar-refractivity contribution in [3.8, 4) is 11.1 Å². The van der Waals surface area contributed by atoms with E-state index in [0.29, 0.717) is 11.6 Å². The zero-order chi connectivity index (χ0) is 15.0. The van der Waals surface area contributed by atoms with E-state index in [1.807, 2.05) is 25.1 Å². The van der Waals surface area contributed by atoms with Crippen LogP contribution in [0.4, 0.5) is 8.78 Å². The maximum atomic E-state index is 14.3. The summed E-state index contributed by atoms with van der Waals surface area (Å²) in [5.74, 6) is -1.09. The molecule has 1 aliphatic rings. The molecule has 0 amide bonds. The molecule has 0 atom stereocenters. The van der Waals surface area contributed by atoms with E-state index in [4.69, 9.17) is 0 Å². The Balaban J connectivity index is 2.00. The van der Waals surface area contributed by atoms with Crippen molar-refractivity contribution in [2.24, 2.45) is 0 Å². The van der Waals surface area contributed by atoms with E-state index in [9.17, 15) is 8.78 Å². The maximum absolute atomic E-state index is 14.3. The summed E-state index contributed by atoms with van der Waals surface area (Å²) in [6.07, 6.45) is 2.43. The Labute approximate surface area is 131 Å². The van der Waals surface area contributed by atoms with Gasteiger partial charge in [-0.2, -0.15) is 0 Å². The van der Waals surface area contributed by atoms with Gasteiger partial charge in [-0.05, 0) is 70.6 Å². The molecule has 4 heteroatoms. The molecule has 2 aromatic carbocycles. The van der Waals surface area contributed by atoms with Gasteiger partial charge in [0.05, 0.1) is 10.0 Å². The molecule has 1 saturated carbocycles. The molecular weight excluding hydrogens is 336 g/mol. The predicted molar refractivity (Wildman–Crippen MR) is 84.1 cm³/mol. The molecule has 2 aromatic rings. The van der Waals surface area contributed by atoms with Crippen LogP contribution in [0.5, 0.6) is 0 Å². The van der Waals surface area contributed by atoms with Gasteiger partial charge in [0.1, 0.15) is 11.6 Å². The minimum absolute atomic E-state index is 0.0372. The van der Waals surface area contributed by atoms with Crippen molar-refractivity contribution in [2.75, 3.05) is 0 Å². The van der Waals surface area contributed by atoms with Crippen molar-refractivity contribution < 1.29 is 8.78 Å². The summed E-state index contributed by atoms with van der Waals surface area (Å²) in [4.78, 5) is 0. The molecule has 0 bridgehead atoms. The number of halogens is 3. The van der Waals surface area contributed by atoms with Gasteiger partial charge in [0.15, 0.2) is 0 Å². The van der Waals surface area contributed by atoms with Gasteiger partial charge in [-0.25, -0.2) is 8.78 Å². The fourth-order valence-corrected chi connectivity index (χ4v) is 2.70. The Kier molecular flexibility index (Phi) is 4.09. The third kappa shape index (κ3) is 3.16. The maximum Gasteiger partial charge on any atom is 0.148 e. The minimum atomic E-state index is -0.551. The second-order valence-electron chi connectivity index (χ2n) is 5.52. The first-order valence-corrected chi connectivity index (χ1v) is 7.82. The van der Waals surface area contributed by atoms with E-state index in [0.717, 1.165) is 17.7 Å². The van der Waals surface area contributed by atoms with Crippen LogP contribution in [-0.4, -0.2) is 6.04 Å². The highest BCUT2D eigenvalue weighted by atomic mass is 79.9. The van der Waals surface area contributed by atoms with E-state index in [1.54, 1.807) is 0 Å². The normalized spacial score (nSPS) is 14.5. The smallest absolute Gasteiger partial charge is 0.148 e. The Hall–Kier alpha value is -1.26. The largest absolute Gasteiger partial charge is 0.310 e. The van der Waals surface area contributed by atoms with Crippen LogP contribution in [-0.2, 0) is 6.54 Å². The van der Waals surface area contributed by atoms with Crippen molar-refractivity contribution in [1.82, 2.24) is 5.32 Å². The molecule has 1 nitrogen and oxygen atoms in total. The lowest BCUT2D eigenvalue weighted by Crippen LogP contribution is -2.15. The molecule has 0 saturated heterocycles. The van der Waals surface area contributed by atoms with Crippen LogP contribution < -0.4 is 5.32 Å². The van der Waals surface area contributed by atoms with Gasteiger partial charge in [0.2, 0.25) is 0 Å². The van der Waals surface area contributed by atoms with Crippen LogP contribution in [0.3, 0.4) is 0 Å².